The van der Waals surface area contributed by atoms with Crippen LogP contribution in [0.5, 0.6) is 0 Å². The van der Waals surface area contributed by atoms with Gasteiger partial charge in [0.1, 0.15) is 5.69 Å². The molecule has 0 aliphatic heterocycles. The standard InChI is InChI=1S/C12H6F5N3O/c13-9-7(3-4-18-10(9)14)11(21)20-6-1-2-8(19-5-6)12(15,16)17/h1-5H,(H,20,21). The molecule has 2 aromatic rings. The zero-order chi connectivity index (χ0) is 15.6. The average Bonchev–Trinajstić information content (AvgIpc) is 2.41. The maximum atomic E-state index is 13.3. The molecule has 2 rings (SSSR count). The number of pyridine rings is 2. The number of nitrogens with one attached hydrogen (secondary N) is 1. The molecule has 0 aliphatic carbocycles. The second kappa shape index (κ2) is 5.43. The van der Waals surface area contributed by atoms with Gasteiger partial charge in [-0.05, 0) is 18.2 Å². The number of amides is 1. The Bertz CT molecular complexity index is 670. The zero-order valence-electron chi connectivity index (χ0n) is 10.1. The molecule has 0 spiro atoms. The van der Waals surface area contributed by atoms with E-state index in [1.165, 1.54) is 0 Å². The van der Waals surface area contributed by atoms with Crippen molar-refractivity contribution >= 4 is 11.6 Å². The number of carbonyl (C=O) groups is 1. The molecule has 1 amide bonds. The van der Waals surface area contributed by atoms with E-state index in [9.17, 15) is 26.7 Å². The molecule has 2 aromatic heterocycles. The second-order valence-corrected chi connectivity index (χ2v) is 3.85. The van der Waals surface area contributed by atoms with Crippen molar-refractivity contribution in [1.82, 2.24) is 9.97 Å². The fourth-order valence-electron chi connectivity index (χ4n) is 1.43. The van der Waals surface area contributed by atoms with Gasteiger partial charge in [-0.25, -0.2) is 14.4 Å². The summed E-state index contributed by atoms with van der Waals surface area (Å²) in [6.45, 7) is 0. The average molecular weight is 303 g/mol. The highest BCUT2D eigenvalue weighted by Gasteiger charge is 2.32. The van der Waals surface area contributed by atoms with Crippen molar-refractivity contribution in [3.8, 4) is 0 Å². The molecular weight excluding hydrogens is 297 g/mol. The van der Waals surface area contributed by atoms with Crippen molar-refractivity contribution in [3.63, 3.8) is 0 Å². The maximum absolute atomic E-state index is 13.3. The lowest BCUT2D eigenvalue weighted by atomic mass is 10.2. The monoisotopic (exact) mass is 303 g/mol. The van der Waals surface area contributed by atoms with Gasteiger partial charge in [-0.2, -0.15) is 17.6 Å². The molecule has 0 saturated heterocycles. The first-order valence-corrected chi connectivity index (χ1v) is 5.43. The summed E-state index contributed by atoms with van der Waals surface area (Å²) in [4.78, 5) is 17.8. The lowest BCUT2D eigenvalue weighted by Gasteiger charge is -2.08. The van der Waals surface area contributed by atoms with Crippen molar-refractivity contribution < 1.29 is 26.7 Å². The summed E-state index contributed by atoms with van der Waals surface area (Å²) in [5.41, 5.74) is -1.85. The van der Waals surface area contributed by atoms with Gasteiger partial charge in [0, 0.05) is 6.20 Å². The van der Waals surface area contributed by atoms with Crippen molar-refractivity contribution in [2.24, 2.45) is 0 Å². The molecule has 2 heterocycles. The molecule has 0 bridgehead atoms. The zero-order valence-corrected chi connectivity index (χ0v) is 10.1. The van der Waals surface area contributed by atoms with Gasteiger partial charge < -0.3 is 5.32 Å². The van der Waals surface area contributed by atoms with Crippen LogP contribution in [0.1, 0.15) is 16.1 Å². The van der Waals surface area contributed by atoms with E-state index >= 15 is 0 Å². The highest BCUT2D eigenvalue weighted by molar-refractivity contribution is 6.04. The molecular formula is C12H6F5N3O. The van der Waals surface area contributed by atoms with E-state index in [0.29, 0.717) is 6.07 Å². The molecule has 1 N–H and O–H groups in total. The van der Waals surface area contributed by atoms with Crippen LogP contribution in [-0.2, 0) is 6.18 Å². The lowest BCUT2D eigenvalue weighted by molar-refractivity contribution is -0.141. The summed E-state index contributed by atoms with van der Waals surface area (Å²) in [6, 6.07) is 2.54. The van der Waals surface area contributed by atoms with Gasteiger partial charge in [0.15, 0.2) is 5.82 Å². The largest absolute Gasteiger partial charge is 0.433 e. The third kappa shape index (κ3) is 3.30. The summed E-state index contributed by atoms with van der Waals surface area (Å²) in [5.74, 6) is -3.93. The van der Waals surface area contributed by atoms with Gasteiger partial charge in [0.2, 0.25) is 5.95 Å². The van der Waals surface area contributed by atoms with Gasteiger partial charge >= 0.3 is 6.18 Å². The van der Waals surface area contributed by atoms with E-state index in [1.54, 1.807) is 0 Å². The number of rotatable bonds is 2. The second-order valence-electron chi connectivity index (χ2n) is 3.85. The number of carbonyl (C=O) groups excluding carboxylic acids is 1. The number of alkyl halides is 3. The number of hydrogen-bond donors (Lipinski definition) is 1. The molecule has 4 nitrogen and oxygen atoms in total. The first-order chi connectivity index (χ1) is 9.79. The summed E-state index contributed by atoms with van der Waals surface area (Å²) in [7, 11) is 0. The Morgan fingerprint density at radius 2 is 1.81 bits per heavy atom. The van der Waals surface area contributed by atoms with Crippen molar-refractivity contribution in [2.45, 2.75) is 6.18 Å². The smallest absolute Gasteiger partial charge is 0.320 e. The molecule has 21 heavy (non-hydrogen) atoms. The van der Waals surface area contributed by atoms with E-state index < -0.39 is 35.1 Å². The Morgan fingerprint density at radius 1 is 1.10 bits per heavy atom. The SMILES string of the molecule is O=C(Nc1ccc(C(F)(F)F)nc1)c1ccnc(F)c1F. The topological polar surface area (TPSA) is 54.9 Å². The molecule has 0 aromatic carbocycles. The fraction of sp³-hybridized carbons (Fsp3) is 0.0833. The highest BCUT2D eigenvalue weighted by atomic mass is 19.4. The normalized spacial score (nSPS) is 11.3. The van der Waals surface area contributed by atoms with Gasteiger partial charge in [-0.3, -0.25) is 4.79 Å². The maximum Gasteiger partial charge on any atom is 0.433 e. The van der Waals surface area contributed by atoms with E-state index in [1.807, 2.05) is 0 Å². The summed E-state index contributed by atoms with van der Waals surface area (Å²) < 4.78 is 63.1. The summed E-state index contributed by atoms with van der Waals surface area (Å²) >= 11 is 0. The Morgan fingerprint density at radius 3 is 2.38 bits per heavy atom. The third-order valence-corrected chi connectivity index (χ3v) is 2.40. The van der Waals surface area contributed by atoms with Crippen LogP contribution in [0.2, 0.25) is 0 Å². The van der Waals surface area contributed by atoms with Crippen LogP contribution < -0.4 is 5.32 Å². The van der Waals surface area contributed by atoms with Crippen LogP contribution >= 0.6 is 0 Å². The molecule has 0 aliphatic rings. The minimum Gasteiger partial charge on any atom is -0.320 e. The molecule has 0 unspecified atom stereocenters. The Labute approximate surface area is 114 Å². The highest BCUT2D eigenvalue weighted by Crippen LogP contribution is 2.27. The Kier molecular flexibility index (Phi) is 3.83. The predicted octanol–water partition coefficient (Wildman–Crippen LogP) is 3.03. The van der Waals surface area contributed by atoms with Crippen LogP contribution in [0.15, 0.2) is 30.6 Å². The van der Waals surface area contributed by atoms with Crippen LogP contribution in [0.25, 0.3) is 0 Å². The lowest BCUT2D eigenvalue weighted by Crippen LogP contribution is -2.16. The van der Waals surface area contributed by atoms with E-state index in [4.69, 9.17) is 0 Å². The van der Waals surface area contributed by atoms with E-state index in [0.717, 1.165) is 24.5 Å². The number of halogens is 5. The van der Waals surface area contributed by atoms with Gasteiger partial charge in [-0.1, -0.05) is 0 Å². The summed E-state index contributed by atoms with van der Waals surface area (Å²) in [6.07, 6.45) is -2.96. The van der Waals surface area contributed by atoms with Crippen LogP contribution in [0, 0.1) is 11.8 Å². The van der Waals surface area contributed by atoms with Crippen LogP contribution in [-0.4, -0.2) is 15.9 Å². The molecule has 0 radical (unpaired) electrons. The minimum atomic E-state index is -4.61. The number of anilines is 1. The first kappa shape index (κ1) is 14.8. The van der Waals surface area contributed by atoms with Crippen molar-refractivity contribution in [3.05, 3.63) is 53.6 Å². The van der Waals surface area contributed by atoms with Crippen LogP contribution in [0.3, 0.4) is 0 Å². The number of nitrogens with zero attached hydrogens (tertiary/aromatic N) is 2. The first-order valence-electron chi connectivity index (χ1n) is 5.43. The molecule has 0 saturated carbocycles. The number of hydrogen-bond acceptors (Lipinski definition) is 3. The van der Waals surface area contributed by atoms with E-state index in [-0.39, 0.29) is 5.69 Å². The summed E-state index contributed by atoms with van der Waals surface area (Å²) in [5, 5.41) is 2.10. The molecule has 9 heteroatoms. The minimum absolute atomic E-state index is 0.0929. The van der Waals surface area contributed by atoms with Gasteiger partial charge in [0.05, 0.1) is 17.4 Å². The van der Waals surface area contributed by atoms with Crippen molar-refractivity contribution in [2.75, 3.05) is 5.32 Å². The van der Waals surface area contributed by atoms with E-state index in [2.05, 4.69) is 15.3 Å². The Balaban J connectivity index is 2.18. The van der Waals surface area contributed by atoms with Crippen molar-refractivity contribution in [1.29, 1.82) is 0 Å². The molecule has 0 atom stereocenters. The Hall–Kier alpha value is -2.58. The third-order valence-electron chi connectivity index (χ3n) is 2.40. The predicted molar refractivity (Wildman–Crippen MR) is 61.3 cm³/mol. The van der Waals surface area contributed by atoms with Crippen LogP contribution in [0.4, 0.5) is 27.6 Å². The fourth-order valence-corrected chi connectivity index (χ4v) is 1.43. The van der Waals surface area contributed by atoms with Gasteiger partial charge in [-0.15, -0.1) is 0 Å². The quantitative estimate of drug-likeness (QED) is 0.685. The van der Waals surface area contributed by atoms with Gasteiger partial charge in [0.25, 0.3) is 5.91 Å². The number of aromatic nitrogens is 2. The molecule has 110 valence electrons. The molecule has 0 fully saturated rings.